The molecule has 0 spiro atoms. The third-order valence-electron chi connectivity index (χ3n) is 10.8. The molecule has 0 fully saturated rings. The maximum absolute atomic E-state index is 13.5. The number of alkyl halides is 3. The number of rotatable bonds is 10. The lowest BCUT2D eigenvalue weighted by Crippen LogP contribution is -2.23. The van der Waals surface area contributed by atoms with Gasteiger partial charge in [-0.2, -0.15) is 13.2 Å². The van der Waals surface area contributed by atoms with Crippen molar-refractivity contribution in [1.29, 1.82) is 0 Å². The van der Waals surface area contributed by atoms with E-state index >= 15 is 0 Å². The van der Waals surface area contributed by atoms with Crippen molar-refractivity contribution in [2.75, 3.05) is 14.1 Å². The predicted molar refractivity (Wildman–Crippen MR) is 266 cm³/mol. The second-order valence-corrected chi connectivity index (χ2v) is 18.9. The topological polar surface area (TPSA) is 163 Å². The average Bonchev–Trinajstić information content (AvgIpc) is 3.89. The Hall–Kier alpha value is -7.92. The highest BCUT2D eigenvalue weighted by Gasteiger charge is 2.30. The lowest BCUT2D eigenvalue weighted by atomic mass is 9.96. The summed E-state index contributed by atoms with van der Waals surface area (Å²) in [5.41, 5.74) is 2.46. The minimum absolute atomic E-state index is 0.0443. The molecule has 0 saturated carbocycles. The molecule has 0 unspecified atom stereocenters. The van der Waals surface area contributed by atoms with Gasteiger partial charge in [-0.25, -0.2) is 28.3 Å². The number of ether oxygens (including phenoxy) is 2. The number of carbonyl (C=O) groups excluding carboxylic acids is 4. The molecule has 2 N–H and O–H groups in total. The number of pyridine rings is 2. The zero-order valence-electron chi connectivity index (χ0n) is 40.7. The van der Waals surface area contributed by atoms with Gasteiger partial charge < -0.3 is 28.9 Å². The molecule has 0 atom stereocenters. The number of carbonyl (C=O) groups is 4. The molecule has 0 aliphatic carbocycles. The number of halogens is 6. The first-order valence-electron chi connectivity index (χ1n) is 22.6. The molecule has 4 heterocycles. The fourth-order valence-electron chi connectivity index (χ4n) is 7.58. The molecule has 8 aromatic rings. The summed E-state index contributed by atoms with van der Waals surface area (Å²) in [6, 6.07) is 27.2. The Morgan fingerprint density at radius 2 is 0.986 bits per heavy atom. The van der Waals surface area contributed by atoms with Gasteiger partial charge in [-0.05, 0) is 144 Å². The first kappa shape index (κ1) is 52.9. The highest BCUT2D eigenvalue weighted by Crippen LogP contribution is 2.40. The molecule has 2 amide bonds. The number of hydrogen-bond acceptors (Lipinski definition) is 10. The lowest BCUT2D eigenvalue weighted by molar-refractivity contribution is -0.134. The number of fused-ring (bicyclic) bond motifs is 2. The van der Waals surface area contributed by atoms with E-state index in [-0.39, 0.29) is 55.9 Å². The molecular formula is C55H48ClF5N4O8. The number of aromatic nitrogens is 2. The summed E-state index contributed by atoms with van der Waals surface area (Å²) in [6.45, 7) is 10.5. The second kappa shape index (κ2) is 21.0. The molecule has 0 aliphatic heterocycles. The minimum atomic E-state index is -4.44. The molecular weight excluding hydrogens is 975 g/mol. The number of esters is 2. The molecule has 73 heavy (non-hydrogen) atoms. The summed E-state index contributed by atoms with van der Waals surface area (Å²) < 4.78 is 89.2. The van der Waals surface area contributed by atoms with Gasteiger partial charge >= 0.3 is 18.1 Å². The summed E-state index contributed by atoms with van der Waals surface area (Å²) in [5, 5.41) is 5.96. The van der Waals surface area contributed by atoms with Gasteiger partial charge in [0, 0.05) is 42.8 Å². The third-order valence-corrected chi connectivity index (χ3v) is 11.1. The van der Waals surface area contributed by atoms with E-state index < -0.39 is 65.6 Å². The van der Waals surface area contributed by atoms with Crippen LogP contribution < -0.4 is 10.6 Å². The number of nitrogens with one attached hydrogen (secondary N) is 2. The van der Waals surface area contributed by atoms with Crippen molar-refractivity contribution >= 4 is 57.6 Å². The van der Waals surface area contributed by atoms with Crippen LogP contribution in [0.2, 0.25) is 5.15 Å². The van der Waals surface area contributed by atoms with Gasteiger partial charge in [-0.15, -0.1) is 0 Å². The van der Waals surface area contributed by atoms with Crippen molar-refractivity contribution in [3.8, 4) is 44.9 Å². The number of furan rings is 2. The normalized spacial score (nSPS) is 11.8. The molecule has 4 aromatic carbocycles. The minimum Gasteiger partial charge on any atom is -0.456 e. The van der Waals surface area contributed by atoms with E-state index in [2.05, 4.69) is 20.6 Å². The van der Waals surface area contributed by atoms with Crippen molar-refractivity contribution in [2.24, 2.45) is 0 Å². The lowest BCUT2D eigenvalue weighted by Gasteiger charge is -2.19. The van der Waals surface area contributed by atoms with Gasteiger partial charge in [-0.1, -0.05) is 35.9 Å². The van der Waals surface area contributed by atoms with Crippen LogP contribution >= 0.6 is 11.6 Å². The predicted octanol–water partition coefficient (Wildman–Crippen LogP) is 13.4. The highest BCUT2D eigenvalue weighted by molar-refractivity contribution is 6.33. The summed E-state index contributed by atoms with van der Waals surface area (Å²) in [4.78, 5) is 59.7. The third kappa shape index (κ3) is 12.6. The summed E-state index contributed by atoms with van der Waals surface area (Å²) in [7, 11) is 2.93. The molecule has 18 heteroatoms. The second-order valence-electron chi connectivity index (χ2n) is 18.6. The van der Waals surface area contributed by atoms with Crippen LogP contribution in [0.25, 0.3) is 67.1 Å². The number of aryl methyl sites for hydroxylation is 1. The first-order valence-corrected chi connectivity index (χ1v) is 23.0. The van der Waals surface area contributed by atoms with E-state index in [4.69, 9.17) is 29.9 Å². The van der Waals surface area contributed by atoms with E-state index in [0.29, 0.717) is 44.3 Å². The summed E-state index contributed by atoms with van der Waals surface area (Å²) in [5.74, 6) is -2.53. The number of amides is 2. The Morgan fingerprint density at radius 1 is 0.575 bits per heavy atom. The van der Waals surface area contributed by atoms with Crippen molar-refractivity contribution in [1.82, 2.24) is 20.6 Å². The van der Waals surface area contributed by atoms with Crippen molar-refractivity contribution in [3.63, 3.8) is 0 Å². The largest absolute Gasteiger partial charge is 0.456 e. The molecule has 8 rings (SSSR count). The number of hydrogen-bond donors (Lipinski definition) is 2. The zero-order valence-corrected chi connectivity index (χ0v) is 41.5. The fraction of sp³-hybridized carbons (Fsp3) is 0.236. The number of benzene rings is 4. The smallest absolute Gasteiger partial charge is 0.389 e. The molecule has 0 bridgehead atoms. The summed E-state index contributed by atoms with van der Waals surface area (Å²) in [6.07, 6.45) is -6.05. The molecule has 378 valence electrons. The first-order chi connectivity index (χ1) is 34.3. The van der Waals surface area contributed by atoms with Crippen LogP contribution in [0.3, 0.4) is 0 Å². The van der Waals surface area contributed by atoms with Gasteiger partial charge in [0.05, 0.1) is 38.7 Å². The van der Waals surface area contributed by atoms with Crippen LogP contribution in [0.5, 0.6) is 0 Å². The maximum Gasteiger partial charge on any atom is 0.389 e. The van der Waals surface area contributed by atoms with Crippen LogP contribution in [0.1, 0.15) is 95.1 Å². The molecule has 0 aliphatic rings. The van der Waals surface area contributed by atoms with E-state index in [1.54, 1.807) is 90.1 Å². The van der Waals surface area contributed by atoms with Gasteiger partial charge in [0.2, 0.25) is 11.4 Å². The Kier molecular flexibility index (Phi) is 15.2. The van der Waals surface area contributed by atoms with Crippen LogP contribution in [0.15, 0.2) is 118 Å². The molecule has 0 radical (unpaired) electrons. The zero-order chi connectivity index (χ0) is 53.2. The Labute approximate surface area is 420 Å². The molecule has 4 aromatic heterocycles. The van der Waals surface area contributed by atoms with E-state index in [1.807, 2.05) is 0 Å². The van der Waals surface area contributed by atoms with Crippen molar-refractivity contribution in [2.45, 2.75) is 71.8 Å². The van der Waals surface area contributed by atoms with E-state index in [9.17, 15) is 41.1 Å². The summed E-state index contributed by atoms with van der Waals surface area (Å²) >= 11 is 6.48. The average molecular weight is 1020 g/mol. The van der Waals surface area contributed by atoms with Crippen LogP contribution in [-0.2, 0) is 15.9 Å². The highest BCUT2D eigenvalue weighted by atomic mass is 35.5. The van der Waals surface area contributed by atoms with Crippen LogP contribution in [0.4, 0.5) is 22.0 Å². The van der Waals surface area contributed by atoms with E-state index in [0.717, 1.165) is 0 Å². The quantitative estimate of drug-likeness (QED) is 0.0766. The Balaban J connectivity index is 0.000000216. The van der Waals surface area contributed by atoms with Crippen molar-refractivity contribution in [3.05, 3.63) is 154 Å². The van der Waals surface area contributed by atoms with Crippen molar-refractivity contribution < 1.29 is 59.4 Å². The molecule has 12 nitrogen and oxygen atoms in total. The Morgan fingerprint density at radius 3 is 1.40 bits per heavy atom. The standard InChI is InChI=1S/C29H26F4N2O4.C26H22ClFN2O4/c1-28(2,3)39-27(37)18-7-5-6-17(14-18)20-15-21-23(25(36)34-4)24(16-8-10-19(30)11-9-16)38-26(21)35-22(20)12-13-29(31,32)33;1-26(2,3)34-25(32)16-7-5-6-15(12-16)18-13-19-20(23(31)29-4)21(33-24(19)30-22(18)27)14-8-10-17(28)11-9-14/h5-11,14-15H,12-13H2,1-4H3,(H,34,36);5-13H,1-4H3,(H,29,31). The fourth-order valence-corrected chi connectivity index (χ4v) is 7.82. The van der Waals surface area contributed by atoms with Gasteiger partial charge in [0.1, 0.15) is 39.5 Å². The van der Waals surface area contributed by atoms with Gasteiger partial charge in [0.15, 0.2) is 0 Å². The Bertz CT molecular complexity index is 3390. The van der Waals surface area contributed by atoms with E-state index in [1.165, 1.54) is 74.8 Å². The van der Waals surface area contributed by atoms with Gasteiger partial charge in [0.25, 0.3) is 11.8 Å². The SMILES string of the molecule is CNC(=O)c1c(-c2ccc(F)cc2)oc2nc(CCC(F)(F)F)c(-c3cccc(C(=O)OC(C)(C)C)c3)cc12.CNC(=O)c1c(-c2ccc(F)cc2)oc2nc(Cl)c(-c3cccc(C(=O)OC(C)(C)C)c3)cc12. The number of nitrogens with zero attached hydrogens (tertiary/aromatic N) is 2. The van der Waals surface area contributed by atoms with Crippen LogP contribution in [-0.4, -0.2) is 65.2 Å². The van der Waals surface area contributed by atoms with Gasteiger partial charge in [-0.3, -0.25) is 9.59 Å². The monoisotopic (exact) mass is 1020 g/mol. The maximum atomic E-state index is 13.5. The van der Waals surface area contributed by atoms with Crippen LogP contribution in [0, 0.1) is 11.6 Å². The molecule has 0 saturated heterocycles.